The Kier molecular flexibility index (Phi) is 8.12. The molecule has 39 heavy (non-hydrogen) atoms. The molecule has 1 unspecified atom stereocenters. The second kappa shape index (κ2) is 10.8. The molecular formula is C25H38N4O9S. The van der Waals surface area contributed by atoms with E-state index in [1.807, 2.05) is 13.8 Å². The van der Waals surface area contributed by atoms with Crippen LogP contribution in [0.25, 0.3) is 0 Å². The third kappa shape index (κ3) is 6.12. The van der Waals surface area contributed by atoms with Gasteiger partial charge in [-0.3, -0.25) is 28.5 Å². The molecule has 14 heteroatoms. The number of hydrogen-bond donors (Lipinski definition) is 5. The molecule has 2 aliphatic heterocycles. The highest BCUT2D eigenvalue weighted by atomic mass is 32.2. The average Bonchev–Trinajstić information content (AvgIpc) is 3.66. The molecule has 0 aromatic carbocycles. The van der Waals surface area contributed by atoms with Gasteiger partial charge in [-0.1, -0.05) is 20.8 Å². The number of Topliss-reactive ketones (excluding diaryl/α,β-unsaturated/α-hetero) is 1. The summed E-state index contributed by atoms with van der Waals surface area (Å²) in [6, 6.07) is -3.38. The highest BCUT2D eigenvalue weighted by Gasteiger charge is 2.70. The highest BCUT2D eigenvalue weighted by Crippen LogP contribution is 2.65. The number of ketones is 1. The lowest BCUT2D eigenvalue weighted by Crippen LogP contribution is -2.59. The van der Waals surface area contributed by atoms with Gasteiger partial charge in [0.1, 0.15) is 17.9 Å². The van der Waals surface area contributed by atoms with E-state index in [-0.39, 0.29) is 60.7 Å². The van der Waals surface area contributed by atoms with Crippen LogP contribution in [0.1, 0.15) is 59.3 Å². The fraction of sp³-hybridized carbons (Fsp3) is 0.800. The zero-order valence-electron chi connectivity index (χ0n) is 22.4. The van der Waals surface area contributed by atoms with Crippen LogP contribution in [-0.2, 0) is 34.1 Å². The quantitative estimate of drug-likeness (QED) is 0.143. The van der Waals surface area contributed by atoms with Gasteiger partial charge in [0.15, 0.2) is 0 Å². The van der Waals surface area contributed by atoms with E-state index in [2.05, 4.69) is 16.0 Å². The number of hydrogen-bond acceptors (Lipinski definition) is 8. The second-order valence-electron chi connectivity index (χ2n) is 11.9. The lowest BCUT2D eigenvalue weighted by Gasteiger charge is -2.34. The molecule has 218 valence electrons. The van der Waals surface area contributed by atoms with Crippen molar-refractivity contribution in [3.8, 4) is 0 Å². The molecule has 5 N–H and O–H groups in total. The molecule has 2 aliphatic carbocycles. The number of carbonyl (C=O) groups excluding carboxylic acids is 5. The fourth-order valence-electron chi connectivity index (χ4n) is 6.23. The Hall–Kier alpha value is -2.58. The Morgan fingerprint density at radius 1 is 1.15 bits per heavy atom. The zero-order valence-corrected chi connectivity index (χ0v) is 23.2. The number of carbonyl (C=O) groups is 5. The summed E-state index contributed by atoms with van der Waals surface area (Å²) in [6.07, 6.45) is 1.45. The largest absolute Gasteiger partial charge is 0.374 e. The van der Waals surface area contributed by atoms with Gasteiger partial charge >= 0.3 is 0 Å². The topological polar surface area (TPSA) is 199 Å². The SMILES string of the molecule is CCC(=O)CC(=O)N[C@H](C(=O)N1C[C@H]2[C@@H]([C@H]1C(=O)N[C@@H](C[C@@H]1CCNC1=O)C(O)S(=O)(=O)O)C2(C)C)C1CC1. The number of aliphatic hydroxyl groups is 1. The van der Waals surface area contributed by atoms with Crippen molar-refractivity contribution in [2.45, 2.75) is 82.9 Å². The smallest absolute Gasteiger partial charge is 0.294 e. The molecule has 0 bridgehead atoms. The van der Waals surface area contributed by atoms with E-state index in [9.17, 15) is 42.0 Å². The number of rotatable bonds is 12. The van der Waals surface area contributed by atoms with Gasteiger partial charge in [-0.2, -0.15) is 8.42 Å². The third-order valence-electron chi connectivity index (χ3n) is 8.87. The normalized spacial score (nSPS) is 29.6. The molecule has 0 aromatic rings. The lowest BCUT2D eigenvalue weighted by atomic mass is 9.96. The second-order valence-corrected chi connectivity index (χ2v) is 13.4. The minimum Gasteiger partial charge on any atom is -0.374 e. The van der Waals surface area contributed by atoms with Crippen molar-refractivity contribution >= 4 is 39.5 Å². The number of amides is 4. The molecule has 2 saturated heterocycles. The van der Waals surface area contributed by atoms with Gasteiger partial charge in [0.2, 0.25) is 29.1 Å². The van der Waals surface area contributed by atoms with Crippen LogP contribution in [0.5, 0.6) is 0 Å². The highest BCUT2D eigenvalue weighted by molar-refractivity contribution is 7.86. The summed E-state index contributed by atoms with van der Waals surface area (Å²) in [5.74, 6) is -3.31. The Morgan fingerprint density at radius 3 is 2.36 bits per heavy atom. The van der Waals surface area contributed by atoms with Crippen molar-refractivity contribution in [3.63, 3.8) is 0 Å². The molecule has 0 aromatic heterocycles. The lowest BCUT2D eigenvalue weighted by molar-refractivity contribution is -0.144. The van der Waals surface area contributed by atoms with Crippen molar-refractivity contribution in [2.24, 2.45) is 29.1 Å². The molecular weight excluding hydrogens is 532 g/mol. The van der Waals surface area contributed by atoms with E-state index in [0.717, 1.165) is 0 Å². The van der Waals surface area contributed by atoms with E-state index in [1.54, 1.807) is 6.92 Å². The standard InChI is InChI=1S/C25H38N4O9S/c1-4-14(30)10-17(31)28-19(12-5-6-12)23(34)29-11-15-18(25(15,2)3)20(29)22(33)27-16(24(35)39(36,37)38)9-13-7-8-26-21(13)32/h12-13,15-16,18-20,24,35H,4-11H2,1-3H3,(H,26,32)(H,27,33)(H,28,31)(H,36,37,38)/t13-,15-,16-,18-,19-,20-,24?/m0/s1. The summed E-state index contributed by atoms with van der Waals surface area (Å²) in [5, 5.41) is 18.2. The first-order valence-electron chi connectivity index (χ1n) is 13.5. The van der Waals surface area contributed by atoms with Gasteiger partial charge in [0.25, 0.3) is 10.1 Å². The van der Waals surface area contributed by atoms with Crippen molar-refractivity contribution in [1.82, 2.24) is 20.9 Å². The molecule has 13 nitrogen and oxygen atoms in total. The van der Waals surface area contributed by atoms with Gasteiger partial charge in [-0.05, 0) is 48.9 Å². The average molecular weight is 571 g/mol. The third-order valence-corrected chi connectivity index (χ3v) is 9.81. The maximum atomic E-state index is 13.7. The summed E-state index contributed by atoms with van der Waals surface area (Å²) < 4.78 is 33.1. The van der Waals surface area contributed by atoms with Crippen LogP contribution < -0.4 is 16.0 Å². The Bertz CT molecular complexity index is 1150. The van der Waals surface area contributed by atoms with Crippen LogP contribution in [0.15, 0.2) is 0 Å². The number of piperidine rings is 1. The van der Waals surface area contributed by atoms with Gasteiger partial charge < -0.3 is 26.0 Å². The van der Waals surface area contributed by atoms with Gasteiger partial charge in [-0.25, -0.2) is 0 Å². The monoisotopic (exact) mass is 570 g/mol. The fourth-order valence-corrected chi connectivity index (χ4v) is 6.82. The van der Waals surface area contributed by atoms with E-state index in [0.29, 0.717) is 25.8 Å². The Labute approximate surface area is 227 Å². The van der Waals surface area contributed by atoms with E-state index in [1.165, 1.54) is 4.90 Å². The van der Waals surface area contributed by atoms with Crippen molar-refractivity contribution < 1.29 is 42.0 Å². The zero-order chi connectivity index (χ0) is 28.9. The van der Waals surface area contributed by atoms with Crippen LogP contribution in [-0.4, -0.2) is 89.0 Å². The van der Waals surface area contributed by atoms with E-state index in [4.69, 9.17) is 0 Å². The molecule has 2 saturated carbocycles. The van der Waals surface area contributed by atoms with Gasteiger partial charge in [0, 0.05) is 25.4 Å². The molecule has 4 rings (SSSR count). The van der Waals surface area contributed by atoms with Crippen molar-refractivity contribution in [3.05, 3.63) is 0 Å². The number of fused-ring (bicyclic) bond motifs is 1. The molecule has 7 atom stereocenters. The summed E-state index contributed by atoms with van der Waals surface area (Å²) in [6.45, 7) is 6.21. The molecule has 0 spiro atoms. The maximum Gasteiger partial charge on any atom is 0.294 e. The van der Waals surface area contributed by atoms with E-state index < -0.39 is 57.3 Å². The van der Waals surface area contributed by atoms with Crippen LogP contribution in [0, 0.1) is 29.1 Å². The molecule has 0 radical (unpaired) electrons. The van der Waals surface area contributed by atoms with Crippen LogP contribution in [0.3, 0.4) is 0 Å². The Balaban J connectivity index is 1.54. The number of aliphatic hydroxyl groups excluding tert-OH is 1. The molecule has 2 heterocycles. The Morgan fingerprint density at radius 2 is 1.82 bits per heavy atom. The van der Waals surface area contributed by atoms with E-state index >= 15 is 0 Å². The number of likely N-dealkylation sites (tertiary alicyclic amines) is 1. The molecule has 4 aliphatic rings. The molecule has 4 amide bonds. The summed E-state index contributed by atoms with van der Waals surface area (Å²) in [4.78, 5) is 65.1. The summed E-state index contributed by atoms with van der Waals surface area (Å²) in [7, 11) is -4.97. The van der Waals surface area contributed by atoms with Gasteiger partial charge in [0.05, 0.1) is 12.5 Å². The summed E-state index contributed by atoms with van der Waals surface area (Å²) >= 11 is 0. The van der Waals surface area contributed by atoms with Gasteiger partial charge in [-0.15, -0.1) is 0 Å². The van der Waals surface area contributed by atoms with Crippen molar-refractivity contribution in [2.75, 3.05) is 13.1 Å². The first-order chi connectivity index (χ1) is 18.2. The first kappa shape index (κ1) is 29.4. The minimum absolute atomic E-state index is 0.0000171. The van der Waals surface area contributed by atoms with Crippen molar-refractivity contribution in [1.29, 1.82) is 0 Å². The van der Waals surface area contributed by atoms with Crippen LogP contribution in [0.4, 0.5) is 0 Å². The first-order valence-corrected chi connectivity index (χ1v) is 15.0. The number of nitrogens with zero attached hydrogens (tertiary/aromatic N) is 1. The molecule has 4 fully saturated rings. The van der Waals surface area contributed by atoms with Crippen LogP contribution >= 0.6 is 0 Å². The minimum atomic E-state index is -4.97. The predicted octanol–water partition coefficient (Wildman–Crippen LogP) is -1.05. The number of nitrogens with one attached hydrogen (secondary N) is 3. The predicted molar refractivity (Wildman–Crippen MR) is 136 cm³/mol. The maximum absolute atomic E-state index is 13.7. The van der Waals surface area contributed by atoms with Crippen LogP contribution in [0.2, 0.25) is 0 Å². The summed E-state index contributed by atoms with van der Waals surface area (Å²) in [5.41, 5.74) is -2.63.